The largest absolute Gasteiger partial charge is 0.322 e. The van der Waals surface area contributed by atoms with Crippen LogP contribution in [0.3, 0.4) is 0 Å². The molecule has 2 aromatic carbocycles. The molecular formula is C21H24N4O3S. The molecule has 0 bridgehead atoms. The standard InChI is InChI=1S/C21H24N4O3S/c1-14-6-8-18(29(27,28)25-10-4-3-5-15(25)2)12-19(14)21(26)23-17-7-9-20-16(11-17)13-22-24-20/h6-9,11-13,15H,3-5,10H2,1-2H3,(H,22,24)(H,23,26). The Bertz CT molecular complexity index is 1170. The molecule has 1 fully saturated rings. The van der Waals surface area contributed by atoms with E-state index in [0.717, 1.165) is 35.7 Å². The maximum absolute atomic E-state index is 13.1. The number of H-pyrrole nitrogens is 1. The fourth-order valence-electron chi connectivity index (χ4n) is 3.79. The molecule has 0 aliphatic carbocycles. The Hall–Kier alpha value is -2.71. The zero-order valence-corrected chi connectivity index (χ0v) is 17.3. The number of carbonyl (C=O) groups excluding carboxylic acids is 1. The zero-order valence-electron chi connectivity index (χ0n) is 16.5. The van der Waals surface area contributed by atoms with Crippen molar-refractivity contribution in [1.82, 2.24) is 14.5 Å². The Balaban J connectivity index is 1.63. The highest BCUT2D eigenvalue weighted by atomic mass is 32.2. The smallest absolute Gasteiger partial charge is 0.255 e. The second-order valence-corrected chi connectivity index (χ2v) is 9.45. The molecule has 1 saturated heterocycles. The SMILES string of the molecule is Cc1ccc(S(=O)(=O)N2CCCCC2C)cc1C(=O)Nc1ccc2[nH]ncc2c1. The molecule has 0 saturated carbocycles. The van der Waals surface area contributed by atoms with E-state index in [4.69, 9.17) is 0 Å². The molecular weight excluding hydrogens is 388 g/mol. The summed E-state index contributed by atoms with van der Waals surface area (Å²) in [6, 6.07) is 10.2. The van der Waals surface area contributed by atoms with E-state index >= 15 is 0 Å². The van der Waals surface area contributed by atoms with Crippen LogP contribution in [0.5, 0.6) is 0 Å². The summed E-state index contributed by atoms with van der Waals surface area (Å²) in [7, 11) is -3.64. The third-order valence-electron chi connectivity index (χ3n) is 5.50. The van der Waals surface area contributed by atoms with Gasteiger partial charge in [-0.2, -0.15) is 9.40 Å². The molecule has 152 valence electrons. The van der Waals surface area contributed by atoms with Crippen molar-refractivity contribution in [3.63, 3.8) is 0 Å². The first kappa shape index (κ1) is 19.6. The molecule has 2 heterocycles. The van der Waals surface area contributed by atoms with Gasteiger partial charge < -0.3 is 5.32 Å². The number of carbonyl (C=O) groups is 1. The quantitative estimate of drug-likeness (QED) is 0.683. The van der Waals surface area contributed by atoms with Crippen molar-refractivity contribution >= 4 is 32.5 Å². The van der Waals surface area contributed by atoms with Gasteiger partial charge in [0, 0.05) is 29.2 Å². The molecule has 7 nitrogen and oxygen atoms in total. The van der Waals surface area contributed by atoms with Gasteiger partial charge in [0.2, 0.25) is 10.0 Å². The summed E-state index contributed by atoms with van der Waals surface area (Å²) in [5.41, 5.74) is 2.57. The van der Waals surface area contributed by atoms with Gasteiger partial charge >= 0.3 is 0 Å². The number of amides is 1. The first-order chi connectivity index (χ1) is 13.9. The van der Waals surface area contributed by atoms with Crippen molar-refractivity contribution in [3.8, 4) is 0 Å². The number of hydrogen-bond donors (Lipinski definition) is 2. The molecule has 3 aromatic rings. The van der Waals surface area contributed by atoms with Crippen LogP contribution in [0.2, 0.25) is 0 Å². The van der Waals surface area contributed by atoms with Crippen LogP contribution in [0.15, 0.2) is 47.5 Å². The Morgan fingerprint density at radius 1 is 1.21 bits per heavy atom. The third-order valence-corrected chi connectivity index (χ3v) is 7.51. The number of sulfonamides is 1. The summed E-state index contributed by atoms with van der Waals surface area (Å²) in [5.74, 6) is -0.339. The van der Waals surface area contributed by atoms with Crippen LogP contribution in [0.1, 0.15) is 42.1 Å². The van der Waals surface area contributed by atoms with E-state index in [1.54, 1.807) is 35.6 Å². The Kier molecular flexibility index (Phi) is 5.14. The number of hydrogen-bond acceptors (Lipinski definition) is 4. The minimum atomic E-state index is -3.64. The lowest BCUT2D eigenvalue weighted by atomic mass is 10.1. The van der Waals surface area contributed by atoms with Gasteiger partial charge in [0.15, 0.2) is 0 Å². The van der Waals surface area contributed by atoms with Gasteiger partial charge in [-0.15, -0.1) is 0 Å². The van der Waals surface area contributed by atoms with Gasteiger partial charge in [-0.1, -0.05) is 12.5 Å². The van der Waals surface area contributed by atoms with Gasteiger partial charge in [-0.05, 0) is 62.6 Å². The number of nitrogens with zero attached hydrogens (tertiary/aromatic N) is 2. The second kappa shape index (κ2) is 7.61. The molecule has 1 atom stereocenters. The number of aromatic amines is 1. The molecule has 8 heteroatoms. The van der Waals surface area contributed by atoms with Crippen molar-refractivity contribution in [2.24, 2.45) is 0 Å². The van der Waals surface area contributed by atoms with Crippen molar-refractivity contribution in [1.29, 1.82) is 0 Å². The highest BCUT2D eigenvalue weighted by Gasteiger charge is 2.31. The molecule has 1 unspecified atom stereocenters. The van der Waals surface area contributed by atoms with E-state index in [0.29, 0.717) is 17.8 Å². The number of aryl methyl sites for hydroxylation is 1. The van der Waals surface area contributed by atoms with E-state index in [1.807, 2.05) is 19.1 Å². The van der Waals surface area contributed by atoms with Crippen LogP contribution in [0, 0.1) is 6.92 Å². The lowest BCUT2D eigenvalue weighted by Gasteiger charge is -2.32. The molecule has 1 aliphatic heterocycles. The molecule has 1 amide bonds. The summed E-state index contributed by atoms with van der Waals surface area (Å²) in [6.45, 7) is 4.25. The van der Waals surface area contributed by atoms with Crippen LogP contribution in [0.4, 0.5) is 5.69 Å². The van der Waals surface area contributed by atoms with Crippen molar-refractivity contribution in [3.05, 3.63) is 53.7 Å². The first-order valence-electron chi connectivity index (χ1n) is 9.73. The second-order valence-electron chi connectivity index (χ2n) is 7.56. The van der Waals surface area contributed by atoms with E-state index in [-0.39, 0.29) is 16.8 Å². The Morgan fingerprint density at radius 3 is 2.83 bits per heavy atom. The van der Waals surface area contributed by atoms with Gasteiger partial charge in [0.1, 0.15) is 0 Å². The molecule has 4 rings (SSSR count). The van der Waals surface area contributed by atoms with Gasteiger partial charge in [0.05, 0.1) is 16.6 Å². The summed E-state index contributed by atoms with van der Waals surface area (Å²) in [5, 5.41) is 10.6. The van der Waals surface area contributed by atoms with E-state index in [1.165, 1.54) is 6.07 Å². The molecule has 1 aromatic heterocycles. The number of piperidine rings is 1. The Labute approximate surface area is 170 Å². The van der Waals surface area contributed by atoms with E-state index < -0.39 is 10.0 Å². The molecule has 29 heavy (non-hydrogen) atoms. The maximum atomic E-state index is 13.1. The van der Waals surface area contributed by atoms with Crippen LogP contribution >= 0.6 is 0 Å². The number of fused-ring (bicyclic) bond motifs is 1. The fraction of sp³-hybridized carbons (Fsp3) is 0.333. The molecule has 1 aliphatic rings. The summed E-state index contributed by atoms with van der Waals surface area (Å²) in [4.78, 5) is 13.0. The average Bonchev–Trinajstić information content (AvgIpc) is 3.16. The minimum Gasteiger partial charge on any atom is -0.322 e. The number of aromatic nitrogens is 2. The lowest BCUT2D eigenvalue weighted by molar-refractivity contribution is 0.102. The zero-order chi connectivity index (χ0) is 20.6. The van der Waals surface area contributed by atoms with Crippen molar-refractivity contribution < 1.29 is 13.2 Å². The summed E-state index contributed by atoms with van der Waals surface area (Å²) >= 11 is 0. The number of anilines is 1. The predicted octanol–water partition coefficient (Wildman–Crippen LogP) is 3.69. The van der Waals surface area contributed by atoms with E-state index in [9.17, 15) is 13.2 Å². The monoisotopic (exact) mass is 412 g/mol. The van der Waals surface area contributed by atoms with Crippen LogP contribution in [-0.2, 0) is 10.0 Å². The van der Waals surface area contributed by atoms with Crippen molar-refractivity contribution in [2.45, 2.75) is 44.0 Å². The average molecular weight is 413 g/mol. The topological polar surface area (TPSA) is 95.2 Å². The maximum Gasteiger partial charge on any atom is 0.255 e. The summed E-state index contributed by atoms with van der Waals surface area (Å²) < 4.78 is 27.8. The first-order valence-corrected chi connectivity index (χ1v) is 11.2. The third kappa shape index (κ3) is 3.77. The fourth-order valence-corrected chi connectivity index (χ4v) is 5.52. The van der Waals surface area contributed by atoms with Gasteiger partial charge in [-0.3, -0.25) is 9.89 Å². The highest BCUT2D eigenvalue weighted by Crippen LogP contribution is 2.27. The number of benzene rings is 2. The summed E-state index contributed by atoms with van der Waals surface area (Å²) in [6.07, 6.45) is 4.44. The van der Waals surface area contributed by atoms with Crippen LogP contribution in [0.25, 0.3) is 10.9 Å². The van der Waals surface area contributed by atoms with E-state index in [2.05, 4.69) is 15.5 Å². The number of nitrogens with one attached hydrogen (secondary N) is 2. The van der Waals surface area contributed by atoms with Crippen molar-refractivity contribution in [2.75, 3.05) is 11.9 Å². The molecule has 2 N–H and O–H groups in total. The Morgan fingerprint density at radius 2 is 2.03 bits per heavy atom. The van der Waals surface area contributed by atoms with Crippen LogP contribution < -0.4 is 5.32 Å². The predicted molar refractivity (Wildman–Crippen MR) is 112 cm³/mol. The molecule has 0 radical (unpaired) electrons. The van der Waals surface area contributed by atoms with Gasteiger partial charge in [0.25, 0.3) is 5.91 Å². The van der Waals surface area contributed by atoms with Crippen LogP contribution in [-0.4, -0.2) is 41.4 Å². The lowest BCUT2D eigenvalue weighted by Crippen LogP contribution is -2.42. The minimum absolute atomic E-state index is 0.0333. The molecule has 0 spiro atoms. The van der Waals surface area contributed by atoms with Gasteiger partial charge in [-0.25, -0.2) is 8.42 Å². The highest BCUT2D eigenvalue weighted by molar-refractivity contribution is 7.89. The number of rotatable bonds is 4. The normalized spacial score (nSPS) is 18.1.